The van der Waals surface area contributed by atoms with E-state index in [0.717, 1.165) is 22.4 Å². The van der Waals surface area contributed by atoms with E-state index in [2.05, 4.69) is 30.3 Å². The Morgan fingerprint density at radius 1 is 0.862 bits per heavy atom. The van der Waals surface area contributed by atoms with Gasteiger partial charge < -0.3 is 4.74 Å². The standard InChI is InChI=1S/C26H18ClNO/c27-24-14-12-19(13-15-24)23(17-28)16-21-7-2-4-11-26(21)29-18-22-9-5-8-20-6-1-3-10-25(20)22/h1-16H,18H2/b23-16-. The maximum Gasteiger partial charge on any atom is 0.127 e. The molecule has 0 aliphatic rings. The number of hydrogen-bond acceptors (Lipinski definition) is 2. The molecule has 0 heterocycles. The van der Waals surface area contributed by atoms with Gasteiger partial charge in [-0.2, -0.15) is 5.26 Å². The van der Waals surface area contributed by atoms with E-state index in [1.54, 1.807) is 12.1 Å². The predicted molar refractivity (Wildman–Crippen MR) is 120 cm³/mol. The lowest BCUT2D eigenvalue weighted by atomic mass is 10.0. The third-order valence-electron chi connectivity index (χ3n) is 4.76. The lowest BCUT2D eigenvalue weighted by molar-refractivity contribution is 0.307. The van der Waals surface area contributed by atoms with Gasteiger partial charge in [-0.25, -0.2) is 0 Å². The molecule has 0 bridgehead atoms. The summed E-state index contributed by atoms with van der Waals surface area (Å²) >= 11 is 5.96. The van der Waals surface area contributed by atoms with Crippen LogP contribution < -0.4 is 4.74 Å². The van der Waals surface area contributed by atoms with Crippen LogP contribution in [0.25, 0.3) is 22.4 Å². The van der Waals surface area contributed by atoms with Crippen LogP contribution in [0.2, 0.25) is 5.02 Å². The van der Waals surface area contributed by atoms with Crippen LogP contribution in [0, 0.1) is 11.3 Å². The van der Waals surface area contributed by atoms with Crippen LogP contribution in [0.5, 0.6) is 5.75 Å². The topological polar surface area (TPSA) is 33.0 Å². The van der Waals surface area contributed by atoms with Crippen molar-refractivity contribution in [2.45, 2.75) is 6.61 Å². The van der Waals surface area contributed by atoms with Crippen molar-refractivity contribution in [3.05, 3.63) is 113 Å². The molecule has 2 nitrogen and oxygen atoms in total. The summed E-state index contributed by atoms with van der Waals surface area (Å²) in [5, 5.41) is 12.7. The highest BCUT2D eigenvalue weighted by Crippen LogP contribution is 2.27. The molecule has 0 spiro atoms. The van der Waals surface area contributed by atoms with E-state index in [9.17, 15) is 5.26 Å². The summed E-state index contributed by atoms with van der Waals surface area (Å²) in [6, 6.07) is 31.8. The molecule has 4 aromatic carbocycles. The van der Waals surface area contributed by atoms with Crippen LogP contribution in [-0.2, 0) is 6.61 Å². The molecule has 3 heteroatoms. The van der Waals surface area contributed by atoms with E-state index >= 15 is 0 Å². The van der Waals surface area contributed by atoms with Crippen LogP contribution in [0.3, 0.4) is 0 Å². The second-order valence-electron chi connectivity index (χ2n) is 6.64. The summed E-state index contributed by atoms with van der Waals surface area (Å²) in [5.41, 5.74) is 3.36. The second-order valence-corrected chi connectivity index (χ2v) is 7.08. The number of allylic oxidation sites excluding steroid dienone is 1. The van der Waals surface area contributed by atoms with Gasteiger partial charge in [-0.3, -0.25) is 0 Å². The minimum Gasteiger partial charge on any atom is -0.488 e. The number of benzene rings is 4. The summed E-state index contributed by atoms with van der Waals surface area (Å²) in [5.74, 6) is 0.738. The number of hydrogen-bond donors (Lipinski definition) is 0. The number of nitrogens with zero attached hydrogens (tertiary/aromatic N) is 1. The van der Waals surface area contributed by atoms with Crippen LogP contribution in [0.4, 0.5) is 0 Å². The van der Waals surface area contributed by atoms with E-state index in [4.69, 9.17) is 16.3 Å². The van der Waals surface area contributed by atoms with E-state index in [-0.39, 0.29) is 0 Å². The van der Waals surface area contributed by atoms with Crippen LogP contribution in [0.1, 0.15) is 16.7 Å². The van der Waals surface area contributed by atoms with Crippen LogP contribution in [0.15, 0.2) is 91.0 Å². The number of ether oxygens (including phenoxy) is 1. The zero-order valence-electron chi connectivity index (χ0n) is 15.7. The van der Waals surface area contributed by atoms with Gasteiger partial charge in [0.05, 0.1) is 11.6 Å². The zero-order chi connectivity index (χ0) is 20.1. The van der Waals surface area contributed by atoms with E-state index in [1.807, 2.05) is 60.7 Å². The number of fused-ring (bicyclic) bond motifs is 1. The van der Waals surface area contributed by atoms with Crippen molar-refractivity contribution >= 4 is 34.0 Å². The predicted octanol–water partition coefficient (Wildman–Crippen LogP) is 7.14. The van der Waals surface area contributed by atoms with Crippen LogP contribution >= 0.6 is 11.6 Å². The van der Waals surface area contributed by atoms with Gasteiger partial charge in [-0.1, -0.05) is 84.4 Å². The Morgan fingerprint density at radius 3 is 2.41 bits per heavy atom. The van der Waals surface area contributed by atoms with Crippen molar-refractivity contribution in [2.24, 2.45) is 0 Å². The molecule has 0 aliphatic carbocycles. The van der Waals surface area contributed by atoms with Crippen molar-refractivity contribution < 1.29 is 4.74 Å². The number of rotatable bonds is 5. The minimum absolute atomic E-state index is 0.453. The molecular formula is C26H18ClNO. The molecule has 0 atom stereocenters. The molecule has 0 aliphatic heterocycles. The minimum atomic E-state index is 0.453. The largest absolute Gasteiger partial charge is 0.488 e. The molecule has 0 saturated carbocycles. The fraction of sp³-hybridized carbons (Fsp3) is 0.0385. The SMILES string of the molecule is N#C/C(=C/c1ccccc1OCc1cccc2ccccc12)c1ccc(Cl)cc1. The first kappa shape index (κ1) is 18.8. The molecule has 4 aromatic rings. The molecule has 140 valence electrons. The molecule has 29 heavy (non-hydrogen) atoms. The first-order valence-corrected chi connectivity index (χ1v) is 9.68. The molecule has 4 rings (SSSR count). The highest BCUT2D eigenvalue weighted by molar-refractivity contribution is 6.30. The highest BCUT2D eigenvalue weighted by Gasteiger charge is 2.07. The van der Waals surface area contributed by atoms with Crippen molar-refractivity contribution in [1.82, 2.24) is 0 Å². The van der Waals surface area contributed by atoms with Crippen LogP contribution in [-0.4, -0.2) is 0 Å². The number of para-hydroxylation sites is 1. The van der Waals surface area contributed by atoms with Crippen molar-refractivity contribution in [3.8, 4) is 11.8 Å². The lowest BCUT2D eigenvalue weighted by Gasteiger charge is -2.12. The van der Waals surface area contributed by atoms with Gasteiger partial charge in [-0.05, 0) is 46.2 Å². The van der Waals surface area contributed by atoms with Gasteiger partial charge in [0.25, 0.3) is 0 Å². The summed E-state index contributed by atoms with van der Waals surface area (Å²) in [4.78, 5) is 0. The smallest absolute Gasteiger partial charge is 0.127 e. The molecular weight excluding hydrogens is 378 g/mol. The first-order valence-electron chi connectivity index (χ1n) is 9.31. The molecule has 0 aromatic heterocycles. The van der Waals surface area contributed by atoms with Crippen molar-refractivity contribution in [3.63, 3.8) is 0 Å². The fourth-order valence-corrected chi connectivity index (χ4v) is 3.40. The maximum absolute atomic E-state index is 9.64. The summed E-state index contributed by atoms with van der Waals surface area (Å²) in [6.07, 6.45) is 1.85. The van der Waals surface area contributed by atoms with Gasteiger partial charge in [0.1, 0.15) is 12.4 Å². The van der Waals surface area contributed by atoms with Gasteiger partial charge >= 0.3 is 0 Å². The molecule has 0 radical (unpaired) electrons. The average molecular weight is 396 g/mol. The molecule has 0 saturated heterocycles. The molecule has 0 unspecified atom stereocenters. The maximum atomic E-state index is 9.64. The summed E-state index contributed by atoms with van der Waals surface area (Å²) in [6.45, 7) is 0.453. The Morgan fingerprint density at radius 2 is 1.59 bits per heavy atom. The summed E-state index contributed by atoms with van der Waals surface area (Å²) in [7, 11) is 0. The second kappa shape index (κ2) is 8.65. The third-order valence-corrected chi connectivity index (χ3v) is 5.01. The molecule has 0 amide bonds. The van der Waals surface area contributed by atoms with Crippen molar-refractivity contribution in [2.75, 3.05) is 0 Å². The third kappa shape index (κ3) is 4.32. The Kier molecular flexibility index (Phi) is 5.61. The van der Waals surface area contributed by atoms with Gasteiger partial charge in [-0.15, -0.1) is 0 Å². The highest BCUT2D eigenvalue weighted by atomic mass is 35.5. The Hall–Kier alpha value is -3.54. The molecule has 0 N–H and O–H groups in total. The van der Waals surface area contributed by atoms with E-state index in [0.29, 0.717) is 17.2 Å². The zero-order valence-corrected chi connectivity index (χ0v) is 16.4. The lowest BCUT2D eigenvalue weighted by Crippen LogP contribution is -1.98. The van der Waals surface area contributed by atoms with E-state index < -0.39 is 0 Å². The fourth-order valence-electron chi connectivity index (χ4n) is 3.27. The monoisotopic (exact) mass is 395 g/mol. The average Bonchev–Trinajstić information content (AvgIpc) is 2.77. The number of nitriles is 1. The van der Waals surface area contributed by atoms with Gasteiger partial charge in [0.2, 0.25) is 0 Å². The first-order chi connectivity index (χ1) is 14.2. The Balaban J connectivity index is 1.63. The quantitative estimate of drug-likeness (QED) is 0.266. The number of halogens is 1. The Bertz CT molecular complexity index is 1210. The van der Waals surface area contributed by atoms with Gasteiger partial charge in [0.15, 0.2) is 0 Å². The van der Waals surface area contributed by atoms with Crippen molar-refractivity contribution in [1.29, 1.82) is 5.26 Å². The molecule has 0 fully saturated rings. The summed E-state index contributed by atoms with van der Waals surface area (Å²) < 4.78 is 6.16. The van der Waals surface area contributed by atoms with Gasteiger partial charge in [0, 0.05) is 10.6 Å². The normalized spacial score (nSPS) is 11.2. The Labute approximate surface area is 175 Å². The van der Waals surface area contributed by atoms with E-state index in [1.165, 1.54) is 10.8 Å².